The molecular formula is C30H33N3O5. The zero-order chi connectivity index (χ0) is 26.8. The van der Waals surface area contributed by atoms with Crippen molar-refractivity contribution in [2.75, 3.05) is 21.3 Å². The smallest absolute Gasteiger partial charge is 0.251 e. The predicted molar refractivity (Wildman–Crippen MR) is 147 cm³/mol. The van der Waals surface area contributed by atoms with Crippen molar-refractivity contribution in [3.63, 3.8) is 0 Å². The minimum absolute atomic E-state index is 0.000235. The number of aromatic nitrogens is 1. The number of nitrogens with two attached hydrogens (primary N) is 1. The number of carbonyl (C=O) groups is 1. The lowest BCUT2D eigenvalue weighted by molar-refractivity contribution is 0.0921. The zero-order valence-electron chi connectivity index (χ0n) is 22.2. The molecule has 1 aliphatic carbocycles. The monoisotopic (exact) mass is 515 g/mol. The van der Waals surface area contributed by atoms with E-state index in [1.165, 1.54) is 0 Å². The Kier molecular flexibility index (Phi) is 7.24. The maximum Gasteiger partial charge on any atom is 0.251 e. The van der Waals surface area contributed by atoms with Gasteiger partial charge in [-0.3, -0.25) is 9.78 Å². The highest BCUT2D eigenvalue weighted by Gasteiger charge is 2.24. The van der Waals surface area contributed by atoms with Crippen LogP contribution in [-0.4, -0.2) is 44.3 Å². The quantitative estimate of drug-likeness (QED) is 0.335. The topological polar surface area (TPSA) is 109 Å². The lowest BCUT2D eigenvalue weighted by Crippen LogP contribution is -2.49. The number of fused-ring (bicyclic) bond motifs is 1. The van der Waals surface area contributed by atoms with Crippen molar-refractivity contribution in [2.45, 2.75) is 44.7 Å². The van der Waals surface area contributed by atoms with E-state index in [1.807, 2.05) is 49.4 Å². The van der Waals surface area contributed by atoms with Gasteiger partial charge in [-0.25, -0.2) is 0 Å². The van der Waals surface area contributed by atoms with Gasteiger partial charge in [0, 0.05) is 41.0 Å². The van der Waals surface area contributed by atoms with E-state index in [2.05, 4.69) is 10.3 Å². The van der Waals surface area contributed by atoms with Crippen molar-refractivity contribution in [3.8, 4) is 39.7 Å². The second-order valence-corrected chi connectivity index (χ2v) is 9.66. The number of ether oxygens (including phenoxy) is 3. The van der Waals surface area contributed by atoms with Crippen LogP contribution in [0, 0.1) is 6.92 Å². The highest BCUT2D eigenvalue weighted by molar-refractivity contribution is 5.98. The molecule has 8 nitrogen and oxygen atoms in total. The summed E-state index contributed by atoms with van der Waals surface area (Å²) in [5.41, 5.74) is 11.7. The van der Waals surface area contributed by atoms with Crippen LogP contribution in [-0.2, 0) is 0 Å². The van der Waals surface area contributed by atoms with Crippen molar-refractivity contribution in [1.82, 2.24) is 10.3 Å². The standard InChI is InChI=1S/C30H33N3O5/c1-17-9-10-18(30(34)33-23-8-6-5-7-22(23)31)13-21(17)20-11-12-32-24-16-25(38-28(20)24)19-14-26(35-2)29(37-4)27(15-19)36-3/h9-16,22-23H,5-8,31H2,1-4H3,(H,33,34). The molecule has 4 aromatic rings. The Morgan fingerprint density at radius 2 is 1.71 bits per heavy atom. The van der Waals surface area contributed by atoms with Gasteiger partial charge in [-0.15, -0.1) is 0 Å². The van der Waals surface area contributed by atoms with Gasteiger partial charge < -0.3 is 29.7 Å². The van der Waals surface area contributed by atoms with E-state index in [-0.39, 0.29) is 18.0 Å². The molecule has 2 aromatic heterocycles. The van der Waals surface area contributed by atoms with Gasteiger partial charge in [0.05, 0.1) is 21.3 Å². The number of nitrogens with one attached hydrogen (secondary N) is 1. The Bertz CT molecular complexity index is 1450. The summed E-state index contributed by atoms with van der Waals surface area (Å²) in [5, 5.41) is 3.14. The molecule has 2 atom stereocenters. The van der Waals surface area contributed by atoms with Crippen LogP contribution < -0.4 is 25.3 Å². The van der Waals surface area contributed by atoms with E-state index in [0.717, 1.165) is 47.9 Å². The molecule has 1 saturated carbocycles. The number of amides is 1. The number of pyridine rings is 1. The zero-order valence-corrected chi connectivity index (χ0v) is 22.2. The lowest BCUT2D eigenvalue weighted by atomic mass is 9.90. The number of carbonyl (C=O) groups excluding carboxylic acids is 1. The number of furan rings is 1. The summed E-state index contributed by atoms with van der Waals surface area (Å²) >= 11 is 0. The predicted octanol–water partition coefficient (Wildman–Crippen LogP) is 5.50. The van der Waals surface area contributed by atoms with E-state index >= 15 is 0 Å². The van der Waals surface area contributed by atoms with Crippen LogP contribution in [0.25, 0.3) is 33.6 Å². The third-order valence-corrected chi connectivity index (χ3v) is 7.29. The molecule has 2 aromatic carbocycles. The molecule has 38 heavy (non-hydrogen) atoms. The summed E-state index contributed by atoms with van der Waals surface area (Å²) in [7, 11) is 4.72. The largest absolute Gasteiger partial charge is 0.493 e. The second kappa shape index (κ2) is 10.8. The van der Waals surface area contributed by atoms with Gasteiger partial charge in [-0.2, -0.15) is 0 Å². The molecular weight excluding hydrogens is 482 g/mol. The Balaban J connectivity index is 1.53. The summed E-state index contributed by atoms with van der Waals surface area (Å²) in [6.45, 7) is 2.02. The van der Waals surface area contributed by atoms with Crippen molar-refractivity contribution >= 4 is 17.0 Å². The first-order valence-corrected chi connectivity index (χ1v) is 12.8. The Morgan fingerprint density at radius 1 is 0.974 bits per heavy atom. The average Bonchev–Trinajstić information content (AvgIpc) is 3.38. The maximum absolute atomic E-state index is 13.1. The third-order valence-electron chi connectivity index (χ3n) is 7.29. The molecule has 0 saturated heterocycles. The van der Waals surface area contributed by atoms with E-state index in [1.54, 1.807) is 27.5 Å². The van der Waals surface area contributed by atoms with Crippen LogP contribution in [0.15, 0.2) is 53.1 Å². The number of rotatable bonds is 7. The molecule has 198 valence electrons. The first-order valence-electron chi connectivity index (χ1n) is 12.8. The van der Waals surface area contributed by atoms with Crippen LogP contribution in [0.3, 0.4) is 0 Å². The van der Waals surface area contributed by atoms with Gasteiger partial charge in [-0.1, -0.05) is 18.9 Å². The fourth-order valence-corrected chi connectivity index (χ4v) is 5.16. The lowest BCUT2D eigenvalue weighted by Gasteiger charge is -2.29. The summed E-state index contributed by atoms with van der Waals surface area (Å²) in [6.07, 6.45) is 5.79. The molecule has 2 heterocycles. The molecule has 1 aliphatic rings. The molecule has 1 amide bonds. The van der Waals surface area contributed by atoms with Crippen LogP contribution in [0.4, 0.5) is 0 Å². The number of benzene rings is 2. The summed E-state index contributed by atoms with van der Waals surface area (Å²) < 4.78 is 22.8. The fraction of sp³-hybridized carbons (Fsp3) is 0.333. The SMILES string of the molecule is COc1cc(-c2cc3nccc(-c4cc(C(=O)NC5CCCCC5N)ccc4C)c3o2)cc(OC)c1OC. The minimum Gasteiger partial charge on any atom is -0.493 e. The molecule has 8 heteroatoms. The van der Waals surface area contributed by atoms with Crippen molar-refractivity contribution in [3.05, 3.63) is 59.8 Å². The summed E-state index contributed by atoms with van der Waals surface area (Å²) in [5.74, 6) is 2.06. The molecule has 0 aliphatic heterocycles. The molecule has 0 spiro atoms. The van der Waals surface area contributed by atoms with Gasteiger partial charge in [0.25, 0.3) is 5.91 Å². The number of nitrogens with zero attached hydrogens (tertiary/aromatic N) is 1. The van der Waals surface area contributed by atoms with E-state index in [0.29, 0.717) is 39.7 Å². The second-order valence-electron chi connectivity index (χ2n) is 9.66. The van der Waals surface area contributed by atoms with E-state index in [9.17, 15) is 4.79 Å². The van der Waals surface area contributed by atoms with Gasteiger partial charge in [0.2, 0.25) is 5.75 Å². The Hall–Kier alpha value is -4.04. The third kappa shape index (κ3) is 4.79. The minimum atomic E-state index is -0.114. The molecule has 1 fully saturated rings. The van der Waals surface area contributed by atoms with Gasteiger partial charge >= 0.3 is 0 Å². The van der Waals surface area contributed by atoms with Crippen LogP contribution >= 0.6 is 0 Å². The van der Waals surface area contributed by atoms with Gasteiger partial charge in [0.1, 0.15) is 11.3 Å². The average molecular weight is 516 g/mol. The summed E-state index contributed by atoms with van der Waals surface area (Å²) in [6, 6.07) is 13.2. The molecule has 0 bridgehead atoms. The summed E-state index contributed by atoms with van der Waals surface area (Å²) in [4.78, 5) is 17.7. The fourth-order valence-electron chi connectivity index (χ4n) is 5.16. The number of aryl methyl sites for hydroxylation is 1. The molecule has 5 rings (SSSR count). The molecule has 2 unspecified atom stereocenters. The number of hydrogen-bond donors (Lipinski definition) is 2. The van der Waals surface area contributed by atoms with Crippen LogP contribution in [0.5, 0.6) is 17.2 Å². The highest BCUT2D eigenvalue weighted by atomic mass is 16.5. The van der Waals surface area contributed by atoms with Crippen LogP contribution in [0.2, 0.25) is 0 Å². The van der Waals surface area contributed by atoms with Crippen molar-refractivity contribution < 1.29 is 23.4 Å². The first kappa shape index (κ1) is 25.6. The highest BCUT2D eigenvalue weighted by Crippen LogP contribution is 2.43. The normalized spacial score (nSPS) is 17.3. The maximum atomic E-state index is 13.1. The Labute approximate surface area is 222 Å². The van der Waals surface area contributed by atoms with Crippen molar-refractivity contribution in [2.24, 2.45) is 5.73 Å². The van der Waals surface area contributed by atoms with E-state index in [4.69, 9.17) is 24.4 Å². The Morgan fingerprint density at radius 3 is 2.39 bits per heavy atom. The van der Waals surface area contributed by atoms with Crippen molar-refractivity contribution in [1.29, 1.82) is 0 Å². The first-order chi connectivity index (χ1) is 18.4. The van der Waals surface area contributed by atoms with E-state index < -0.39 is 0 Å². The molecule has 0 radical (unpaired) electrons. The van der Waals surface area contributed by atoms with Gasteiger partial charge in [0.15, 0.2) is 17.1 Å². The van der Waals surface area contributed by atoms with Gasteiger partial charge in [-0.05, 0) is 61.2 Å². The number of methoxy groups -OCH3 is 3. The molecule has 3 N–H and O–H groups in total. The number of hydrogen-bond acceptors (Lipinski definition) is 7. The van der Waals surface area contributed by atoms with Crippen LogP contribution in [0.1, 0.15) is 41.6 Å².